The van der Waals surface area contributed by atoms with Crippen LogP contribution in [0.5, 0.6) is 0 Å². The zero-order valence-corrected chi connectivity index (χ0v) is 15.1. The Morgan fingerprint density at radius 1 is 1.04 bits per heavy atom. The number of H-pyrrole nitrogens is 1. The van der Waals surface area contributed by atoms with Gasteiger partial charge in [-0.3, -0.25) is 14.9 Å². The van der Waals surface area contributed by atoms with Crippen LogP contribution in [-0.2, 0) is 10.2 Å². The fraction of sp³-hybridized carbons (Fsp3) is 0.250. The molecule has 0 unspecified atom stereocenters. The molecule has 0 atom stereocenters. The number of para-hydroxylation sites is 2. The van der Waals surface area contributed by atoms with Gasteiger partial charge in [0.25, 0.3) is 5.91 Å². The number of nitrogens with one attached hydrogen (secondary N) is 3. The van der Waals surface area contributed by atoms with Crippen molar-refractivity contribution in [3.05, 3.63) is 59.7 Å². The lowest BCUT2D eigenvalue weighted by Crippen LogP contribution is -2.33. The molecule has 26 heavy (non-hydrogen) atoms. The summed E-state index contributed by atoms with van der Waals surface area (Å²) >= 11 is 0. The predicted molar refractivity (Wildman–Crippen MR) is 102 cm³/mol. The number of aromatic amines is 1. The number of imidazole rings is 1. The molecule has 1 aromatic heterocycles. The van der Waals surface area contributed by atoms with Crippen LogP contribution in [0.4, 0.5) is 5.95 Å². The molecule has 0 spiro atoms. The molecule has 0 aliphatic heterocycles. The molecule has 0 fully saturated rings. The third-order valence-electron chi connectivity index (χ3n) is 4.07. The smallest absolute Gasteiger partial charge is 0.251 e. The second-order valence-corrected chi connectivity index (χ2v) is 7.16. The monoisotopic (exact) mass is 350 g/mol. The SMILES string of the molecule is CC(C)(C)c1ccc(C(=O)NCC(=O)Nc2nc3ccccc3[nH]2)cc1. The number of carbonyl (C=O) groups excluding carboxylic acids is 2. The van der Waals surface area contributed by atoms with E-state index in [-0.39, 0.29) is 23.8 Å². The lowest BCUT2D eigenvalue weighted by Gasteiger charge is -2.19. The van der Waals surface area contributed by atoms with Gasteiger partial charge in [0.15, 0.2) is 0 Å². The maximum absolute atomic E-state index is 12.2. The van der Waals surface area contributed by atoms with Gasteiger partial charge in [0, 0.05) is 5.56 Å². The Morgan fingerprint density at radius 3 is 2.38 bits per heavy atom. The standard InChI is InChI=1S/C20H22N4O2/c1-20(2,3)14-10-8-13(9-11-14)18(26)21-12-17(25)24-19-22-15-6-4-5-7-16(15)23-19/h4-11H,12H2,1-3H3,(H,21,26)(H2,22,23,24,25). The third-order valence-corrected chi connectivity index (χ3v) is 4.07. The lowest BCUT2D eigenvalue weighted by molar-refractivity contribution is -0.115. The van der Waals surface area contributed by atoms with E-state index in [1.807, 2.05) is 36.4 Å². The molecule has 3 rings (SSSR count). The van der Waals surface area contributed by atoms with Crippen LogP contribution in [0.25, 0.3) is 11.0 Å². The Kier molecular flexibility index (Phi) is 4.75. The van der Waals surface area contributed by atoms with Gasteiger partial charge < -0.3 is 10.3 Å². The van der Waals surface area contributed by atoms with Gasteiger partial charge in [-0.15, -0.1) is 0 Å². The summed E-state index contributed by atoms with van der Waals surface area (Å²) in [6.07, 6.45) is 0. The molecule has 2 aromatic carbocycles. The molecular weight excluding hydrogens is 328 g/mol. The normalized spacial score (nSPS) is 11.3. The van der Waals surface area contributed by atoms with Crippen molar-refractivity contribution >= 4 is 28.8 Å². The molecule has 3 N–H and O–H groups in total. The van der Waals surface area contributed by atoms with E-state index in [1.54, 1.807) is 12.1 Å². The number of benzene rings is 2. The topological polar surface area (TPSA) is 86.9 Å². The number of amides is 2. The number of nitrogens with zero attached hydrogens (tertiary/aromatic N) is 1. The van der Waals surface area contributed by atoms with Gasteiger partial charge >= 0.3 is 0 Å². The van der Waals surface area contributed by atoms with Crippen molar-refractivity contribution in [2.24, 2.45) is 0 Å². The van der Waals surface area contributed by atoms with E-state index in [0.29, 0.717) is 11.5 Å². The van der Waals surface area contributed by atoms with Gasteiger partial charge in [-0.25, -0.2) is 4.98 Å². The summed E-state index contributed by atoms with van der Waals surface area (Å²) in [5, 5.41) is 5.27. The van der Waals surface area contributed by atoms with E-state index in [0.717, 1.165) is 16.6 Å². The first-order valence-electron chi connectivity index (χ1n) is 8.46. The van der Waals surface area contributed by atoms with Crippen LogP contribution < -0.4 is 10.6 Å². The Balaban J connectivity index is 1.56. The van der Waals surface area contributed by atoms with Gasteiger partial charge in [-0.1, -0.05) is 45.0 Å². The van der Waals surface area contributed by atoms with Crippen molar-refractivity contribution in [3.63, 3.8) is 0 Å². The molecule has 6 nitrogen and oxygen atoms in total. The highest BCUT2D eigenvalue weighted by Crippen LogP contribution is 2.22. The summed E-state index contributed by atoms with van der Waals surface area (Å²) in [6.45, 7) is 6.22. The van der Waals surface area contributed by atoms with Gasteiger partial charge in [0.05, 0.1) is 17.6 Å². The Morgan fingerprint density at radius 2 is 1.73 bits per heavy atom. The van der Waals surface area contributed by atoms with Gasteiger partial charge in [-0.05, 0) is 35.2 Å². The van der Waals surface area contributed by atoms with Crippen molar-refractivity contribution < 1.29 is 9.59 Å². The van der Waals surface area contributed by atoms with Crippen molar-refractivity contribution in [3.8, 4) is 0 Å². The first-order chi connectivity index (χ1) is 12.3. The van der Waals surface area contributed by atoms with Crippen LogP contribution in [0.1, 0.15) is 36.7 Å². The van der Waals surface area contributed by atoms with Crippen LogP contribution >= 0.6 is 0 Å². The zero-order valence-electron chi connectivity index (χ0n) is 15.1. The molecule has 0 saturated heterocycles. The predicted octanol–water partition coefficient (Wildman–Crippen LogP) is 3.23. The van der Waals surface area contributed by atoms with Crippen LogP contribution in [0.2, 0.25) is 0 Å². The number of hydrogen-bond donors (Lipinski definition) is 3. The summed E-state index contributed by atoms with van der Waals surface area (Å²) in [5.41, 5.74) is 3.31. The molecule has 0 saturated carbocycles. The summed E-state index contributed by atoms with van der Waals surface area (Å²) in [5.74, 6) is -0.270. The third kappa shape index (κ3) is 4.08. The second-order valence-electron chi connectivity index (χ2n) is 7.16. The highest BCUT2D eigenvalue weighted by atomic mass is 16.2. The molecule has 0 bridgehead atoms. The second kappa shape index (κ2) is 7.00. The van der Waals surface area contributed by atoms with Gasteiger partial charge in [0.1, 0.15) is 0 Å². The lowest BCUT2D eigenvalue weighted by atomic mass is 9.87. The van der Waals surface area contributed by atoms with Gasteiger partial charge in [0.2, 0.25) is 11.9 Å². The Bertz CT molecular complexity index is 903. The molecule has 1 heterocycles. The minimum atomic E-state index is -0.344. The molecular formula is C20H22N4O2. The first kappa shape index (κ1) is 17.7. The van der Waals surface area contributed by atoms with Crippen LogP contribution in [0.3, 0.4) is 0 Å². The van der Waals surface area contributed by atoms with E-state index in [9.17, 15) is 9.59 Å². The summed E-state index contributed by atoms with van der Waals surface area (Å²) in [6, 6.07) is 14.9. The van der Waals surface area contributed by atoms with Crippen molar-refractivity contribution in [1.29, 1.82) is 0 Å². The minimum Gasteiger partial charge on any atom is -0.343 e. The van der Waals surface area contributed by atoms with Crippen molar-refractivity contribution in [2.75, 3.05) is 11.9 Å². The highest BCUT2D eigenvalue weighted by Gasteiger charge is 2.15. The van der Waals surface area contributed by atoms with Crippen LogP contribution in [0.15, 0.2) is 48.5 Å². The maximum Gasteiger partial charge on any atom is 0.251 e. The molecule has 0 radical (unpaired) electrons. The van der Waals surface area contributed by atoms with Crippen LogP contribution in [-0.4, -0.2) is 28.3 Å². The van der Waals surface area contributed by atoms with E-state index in [4.69, 9.17) is 0 Å². The summed E-state index contributed by atoms with van der Waals surface area (Å²) in [7, 11) is 0. The molecule has 134 valence electrons. The van der Waals surface area contributed by atoms with Crippen molar-refractivity contribution in [2.45, 2.75) is 26.2 Å². The highest BCUT2D eigenvalue weighted by molar-refractivity contribution is 5.99. The number of fused-ring (bicyclic) bond motifs is 1. The Hall–Kier alpha value is -3.15. The zero-order chi connectivity index (χ0) is 18.7. The number of carbonyl (C=O) groups is 2. The number of hydrogen-bond acceptors (Lipinski definition) is 3. The van der Waals surface area contributed by atoms with Gasteiger partial charge in [-0.2, -0.15) is 0 Å². The van der Waals surface area contributed by atoms with E-state index in [2.05, 4.69) is 41.4 Å². The summed E-state index contributed by atoms with van der Waals surface area (Å²) in [4.78, 5) is 31.5. The Labute approximate surface area is 152 Å². The number of rotatable bonds is 4. The van der Waals surface area contributed by atoms with Crippen molar-refractivity contribution in [1.82, 2.24) is 15.3 Å². The molecule has 0 aliphatic rings. The first-order valence-corrected chi connectivity index (χ1v) is 8.46. The minimum absolute atomic E-state index is 0.0292. The molecule has 6 heteroatoms. The largest absolute Gasteiger partial charge is 0.343 e. The maximum atomic E-state index is 12.2. The fourth-order valence-corrected chi connectivity index (χ4v) is 2.57. The molecule has 3 aromatic rings. The quantitative estimate of drug-likeness (QED) is 0.675. The van der Waals surface area contributed by atoms with E-state index < -0.39 is 0 Å². The van der Waals surface area contributed by atoms with Crippen LogP contribution in [0, 0.1) is 0 Å². The number of aromatic nitrogens is 2. The average Bonchev–Trinajstić information content (AvgIpc) is 3.01. The van der Waals surface area contributed by atoms with E-state index in [1.165, 1.54) is 0 Å². The molecule has 0 aliphatic carbocycles. The average molecular weight is 350 g/mol. The fourth-order valence-electron chi connectivity index (χ4n) is 2.57. The summed E-state index contributed by atoms with van der Waals surface area (Å²) < 4.78 is 0. The van der Waals surface area contributed by atoms with E-state index >= 15 is 0 Å². The molecule has 2 amide bonds. The number of anilines is 1.